The molecule has 1 aliphatic heterocycles. The average Bonchev–Trinajstić information content (AvgIpc) is 2.75. The molecule has 0 bridgehead atoms. The molecule has 1 unspecified atom stereocenters. The van der Waals surface area contributed by atoms with Gasteiger partial charge in [-0.15, -0.1) is 0 Å². The Bertz CT molecular complexity index is 779. The molecule has 1 atom stereocenters. The van der Waals surface area contributed by atoms with Gasteiger partial charge >= 0.3 is 0 Å². The highest BCUT2D eigenvalue weighted by atomic mass is 16.3. The Balaban J connectivity index is 2.16. The lowest BCUT2D eigenvalue weighted by atomic mass is 9.87. The van der Waals surface area contributed by atoms with E-state index in [1.54, 1.807) is 24.3 Å². The van der Waals surface area contributed by atoms with Crippen LogP contribution in [0.1, 0.15) is 23.1 Å². The number of rotatable bonds is 3. The predicted molar refractivity (Wildman–Crippen MR) is 83.2 cm³/mol. The van der Waals surface area contributed by atoms with Crippen molar-refractivity contribution in [1.29, 1.82) is 5.26 Å². The van der Waals surface area contributed by atoms with E-state index in [9.17, 15) is 9.90 Å². The molecule has 0 radical (unpaired) electrons. The van der Waals surface area contributed by atoms with E-state index in [4.69, 9.17) is 5.26 Å². The van der Waals surface area contributed by atoms with Crippen molar-refractivity contribution < 1.29 is 9.90 Å². The molecule has 0 aromatic heterocycles. The Hall–Kier alpha value is -2.64. The fraction of sp³-hybridized carbons (Fsp3) is 0.222. The number of amides is 1. The van der Waals surface area contributed by atoms with Crippen molar-refractivity contribution in [1.82, 2.24) is 0 Å². The van der Waals surface area contributed by atoms with Gasteiger partial charge in [0.25, 0.3) is 5.91 Å². The molecule has 1 amide bonds. The summed E-state index contributed by atoms with van der Waals surface area (Å²) in [5, 5.41) is 20.0. The summed E-state index contributed by atoms with van der Waals surface area (Å²) in [6.45, 7) is 2.20. The highest BCUT2D eigenvalue weighted by Gasteiger charge is 2.50. The number of anilines is 1. The number of nitriles is 1. The number of carbonyl (C=O) groups excluding carboxylic acids is 1. The molecule has 0 saturated heterocycles. The van der Waals surface area contributed by atoms with Crippen LogP contribution in [-0.2, 0) is 10.4 Å². The lowest BCUT2D eigenvalue weighted by Gasteiger charge is -2.23. The molecule has 2 aromatic rings. The molecule has 1 N–H and O–H groups in total. The van der Waals surface area contributed by atoms with Crippen molar-refractivity contribution in [2.45, 2.75) is 18.9 Å². The molecule has 0 saturated carbocycles. The van der Waals surface area contributed by atoms with Gasteiger partial charge in [0.15, 0.2) is 5.60 Å². The summed E-state index contributed by atoms with van der Waals surface area (Å²) < 4.78 is 0. The zero-order valence-electron chi connectivity index (χ0n) is 12.3. The van der Waals surface area contributed by atoms with E-state index >= 15 is 0 Å². The summed E-state index contributed by atoms with van der Waals surface area (Å²) in [6, 6.07) is 16.6. The van der Waals surface area contributed by atoms with Gasteiger partial charge in [0.05, 0.1) is 18.2 Å². The smallest absolute Gasteiger partial charge is 0.268 e. The van der Waals surface area contributed by atoms with Crippen molar-refractivity contribution in [3.8, 4) is 6.07 Å². The summed E-state index contributed by atoms with van der Waals surface area (Å²) >= 11 is 0. The summed E-state index contributed by atoms with van der Waals surface area (Å²) in [6.07, 6.45) is 0.226. The molecule has 4 nitrogen and oxygen atoms in total. The lowest BCUT2D eigenvalue weighted by Crippen LogP contribution is -2.41. The Morgan fingerprint density at radius 1 is 1.23 bits per heavy atom. The Labute approximate surface area is 129 Å². The van der Waals surface area contributed by atoms with Crippen molar-refractivity contribution in [3.05, 3.63) is 65.2 Å². The standard InChI is InChI=1S/C18H16N2O2/c1-13-6-4-7-14(12-13)18(22)15-8-2-3-9-16(15)20(17(18)21)11-5-10-19/h2-4,6-9,12,22H,5,11H2,1H3. The molecule has 22 heavy (non-hydrogen) atoms. The Kier molecular flexibility index (Phi) is 3.44. The molecule has 1 heterocycles. The number of para-hydroxylation sites is 1. The largest absolute Gasteiger partial charge is 0.372 e. The SMILES string of the molecule is Cc1cccc(C2(O)C(=O)N(CCC#N)c3ccccc32)c1. The molecule has 3 rings (SSSR count). The minimum Gasteiger partial charge on any atom is -0.372 e. The number of carbonyl (C=O) groups is 1. The van der Waals surface area contributed by atoms with Crippen LogP contribution >= 0.6 is 0 Å². The zero-order chi connectivity index (χ0) is 15.7. The van der Waals surface area contributed by atoms with E-state index in [1.165, 1.54) is 4.90 Å². The van der Waals surface area contributed by atoms with Gasteiger partial charge in [-0.25, -0.2) is 0 Å². The van der Waals surface area contributed by atoms with Crippen LogP contribution in [0.25, 0.3) is 0 Å². The second kappa shape index (κ2) is 5.28. The van der Waals surface area contributed by atoms with Crippen molar-refractivity contribution in [2.75, 3.05) is 11.4 Å². The van der Waals surface area contributed by atoms with Gasteiger partial charge in [-0.05, 0) is 18.6 Å². The van der Waals surface area contributed by atoms with Gasteiger partial charge in [0, 0.05) is 12.1 Å². The Morgan fingerprint density at radius 3 is 2.73 bits per heavy atom. The van der Waals surface area contributed by atoms with Crippen LogP contribution < -0.4 is 4.90 Å². The van der Waals surface area contributed by atoms with Crippen molar-refractivity contribution >= 4 is 11.6 Å². The zero-order valence-corrected chi connectivity index (χ0v) is 12.3. The number of hydrogen-bond donors (Lipinski definition) is 1. The molecule has 0 aliphatic carbocycles. The molecule has 0 fully saturated rings. The van der Waals surface area contributed by atoms with Crippen LogP contribution in [0.2, 0.25) is 0 Å². The molecule has 4 heteroatoms. The van der Waals surface area contributed by atoms with Crippen molar-refractivity contribution in [3.63, 3.8) is 0 Å². The predicted octanol–water partition coefficient (Wildman–Crippen LogP) is 2.49. The molecular weight excluding hydrogens is 276 g/mol. The van der Waals surface area contributed by atoms with Crippen LogP contribution in [0.3, 0.4) is 0 Å². The third-order valence-corrected chi connectivity index (χ3v) is 4.02. The van der Waals surface area contributed by atoms with Crippen LogP contribution in [0.15, 0.2) is 48.5 Å². The van der Waals surface area contributed by atoms with E-state index in [1.807, 2.05) is 37.3 Å². The first kappa shape index (κ1) is 14.3. The number of aliphatic hydroxyl groups is 1. The van der Waals surface area contributed by atoms with Gasteiger partial charge in [0.2, 0.25) is 0 Å². The van der Waals surface area contributed by atoms with Crippen LogP contribution in [-0.4, -0.2) is 17.6 Å². The van der Waals surface area contributed by atoms with Gasteiger partial charge in [0.1, 0.15) is 0 Å². The van der Waals surface area contributed by atoms with Crippen LogP contribution in [0.5, 0.6) is 0 Å². The van der Waals surface area contributed by atoms with Gasteiger partial charge in [-0.2, -0.15) is 5.26 Å². The van der Waals surface area contributed by atoms with E-state index in [2.05, 4.69) is 0 Å². The van der Waals surface area contributed by atoms with Gasteiger partial charge in [-0.3, -0.25) is 4.79 Å². The van der Waals surface area contributed by atoms with Crippen LogP contribution in [0.4, 0.5) is 5.69 Å². The molecule has 110 valence electrons. The maximum Gasteiger partial charge on any atom is 0.268 e. The monoisotopic (exact) mass is 292 g/mol. The van der Waals surface area contributed by atoms with E-state index < -0.39 is 11.5 Å². The summed E-state index contributed by atoms with van der Waals surface area (Å²) in [5.41, 5.74) is 1.10. The highest BCUT2D eigenvalue weighted by Crippen LogP contribution is 2.44. The second-order valence-electron chi connectivity index (χ2n) is 5.46. The number of fused-ring (bicyclic) bond motifs is 1. The summed E-state index contributed by atoms with van der Waals surface area (Å²) in [5.74, 6) is -0.394. The number of benzene rings is 2. The molecule has 1 aliphatic rings. The Morgan fingerprint density at radius 2 is 2.00 bits per heavy atom. The molecular formula is C18H16N2O2. The van der Waals surface area contributed by atoms with Gasteiger partial charge < -0.3 is 10.0 Å². The van der Waals surface area contributed by atoms with E-state index in [0.717, 1.165) is 5.56 Å². The maximum atomic E-state index is 12.9. The quantitative estimate of drug-likeness (QED) is 0.945. The number of nitrogens with zero attached hydrogens (tertiary/aromatic N) is 2. The minimum atomic E-state index is -1.68. The van der Waals surface area contributed by atoms with Crippen molar-refractivity contribution in [2.24, 2.45) is 0 Å². The topological polar surface area (TPSA) is 64.3 Å². The number of aryl methyl sites for hydroxylation is 1. The molecule has 2 aromatic carbocycles. The second-order valence-corrected chi connectivity index (χ2v) is 5.46. The fourth-order valence-electron chi connectivity index (χ4n) is 2.97. The number of hydrogen-bond acceptors (Lipinski definition) is 3. The first-order chi connectivity index (χ1) is 10.6. The summed E-state index contributed by atoms with van der Waals surface area (Å²) in [7, 11) is 0. The first-order valence-electron chi connectivity index (χ1n) is 7.17. The van der Waals surface area contributed by atoms with E-state index in [-0.39, 0.29) is 13.0 Å². The van der Waals surface area contributed by atoms with Gasteiger partial charge in [-0.1, -0.05) is 48.0 Å². The third-order valence-electron chi connectivity index (χ3n) is 4.02. The highest BCUT2D eigenvalue weighted by molar-refractivity contribution is 6.09. The molecule has 0 spiro atoms. The van der Waals surface area contributed by atoms with E-state index in [0.29, 0.717) is 16.8 Å². The maximum absolute atomic E-state index is 12.9. The normalized spacial score (nSPS) is 19.9. The first-order valence-corrected chi connectivity index (χ1v) is 7.17. The lowest BCUT2D eigenvalue weighted by molar-refractivity contribution is -0.132. The minimum absolute atomic E-state index is 0.226. The van der Waals surface area contributed by atoms with Crippen LogP contribution in [0, 0.1) is 18.3 Å². The third kappa shape index (κ3) is 1.99. The summed E-state index contributed by atoms with van der Waals surface area (Å²) in [4.78, 5) is 14.4. The average molecular weight is 292 g/mol. The fourth-order valence-corrected chi connectivity index (χ4v) is 2.97.